The van der Waals surface area contributed by atoms with Crippen molar-refractivity contribution in [3.05, 3.63) is 69.7 Å². The first-order valence-corrected chi connectivity index (χ1v) is 6.71. The molecule has 0 atom stereocenters. The number of carbonyl (C=O) groups excluding carboxylic acids is 1. The van der Waals surface area contributed by atoms with Gasteiger partial charge in [0.05, 0.1) is 6.61 Å². The van der Waals surface area contributed by atoms with Crippen LogP contribution in [-0.4, -0.2) is 11.0 Å². The van der Waals surface area contributed by atoms with Crippen molar-refractivity contribution in [3.8, 4) is 0 Å². The van der Waals surface area contributed by atoms with Gasteiger partial charge >= 0.3 is 0 Å². The van der Waals surface area contributed by atoms with E-state index >= 15 is 0 Å². The van der Waals surface area contributed by atoms with E-state index in [0.717, 1.165) is 15.6 Å². The first-order chi connectivity index (χ1) is 9.20. The maximum Gasteiger partial charge on any atom is 0.251 e. The molecule has 0 heterocycles. The van der Waals surface area contributed by atoms with Gasteiger partial charge in [-0.15, -0.1) is 0 Å². The molecule has 1 amide bonds. The van der Waals surface area contributed by atoms with Crippen LogP contribution in [0, 0.1) is 0 Å². The van der Waals surface area contributed by atoms with Gasteiger partial charge in [-0.1, -0.05) is 46.3 Å². The van der Waals surface area contributed by atoms with Crippen molar-refractivity contribution in [2.45, 2.75) is 13.2 Å². The summed E-state index contributed by atoms with van der Waals surface area (Å²) in [5.41, 5.74) is 2.36. The summed E-state index contributed by atoms with van der Waals surface area (Å²) >= 11 is 3.34. The Hall–Kier alpha value is -1.65. The lowest BCUT2D eigenvalue weighted by Crippen LogP contribution is -2.23. The summed E-state index contributed by atoms with van der Waals surface area (Å²) in [7, 11) is 0. The van der Waals surface area contributed by atoms with Crippen molar-refractivity contribution in [1.82, 2.24) is 5.32 Å². The molecule has 0 spiro atoms. The van der Waals surface area contributed by atoms with Crippen LogP contribution in [0.1, 0.15) is 21.5 Å². The van der Waals surface area contributed by atoms with E-state index in [0.29, 0.717) is 12.1 Å². The highest BCUT2D eigenvalue weighted by molar-refractivity contribution is 9.10. The molecule has 2 rings (SSSR count). The third-order valence-electron chi connectivity index (χ3n) is 2.81. The van der Waals surface area contributed by atoms with E-state index in [4.69, 9.17) is 0 Å². The molecule has 0 saturated heterocycles. The molecule has 0 saturated carbocycles. The van der Waals surface area contributed by atoms with Crippen LogP contribution in [0.25, 0.3) is 0 Å². The quantitative estimate of drug-likeness (QED) is 0.910. The number of hydrogen-bond donors (Lipinski definition) is 2. The second kappa shape index (κ2) is 6.50. The lowest BCUT2D eigenvalue weighted by Gasteiger charge is -2.09. The van der Waals surface area contributed by atoms with Crippen LogP contribution in [0.15, 0.2) is 53.0 Å². The summed E-state index contributed by atoms with van der Waals surface area (Å²) in [6.07, 6.45) is 0. The molecule has 2 aromatic rings. The Kier molecular flexibility index (Phi) is 4.71. The minimum atomic E-state index is -0.131. The molecule has 2 N–H and O–H groups in total. The molecule has 19 heavy (non-hydrogen) atoms. The first-order valence-electron chi connectivity index (χ1n) is 5.92. The van der Waals surface area contributed by atoms with Gasteiger partial charge in [-0.3, -0.25) is 4.79 Å². The zero-order valence-electron chi connectivity index (χ0n) is 10.3. The fourth-order valence-corrected chi connectivity index (χ4v) is 2.19. The number of nitrogens with one attached hydrogen (secondary N) is 1. The molecule has 3 nitrogen and oxygen atoms in total. The molecule has 0 radical (unpaired) electrons. The maximum absolute atomic E-state index is 12.0. The topological polar surface area (TPSA) is 49.3 Å². The number of carbonyl (C=O) groups is 1. The average Bonchev–Trinajstić information content (AvgIpc) is 2.45. The zero-order chi connectivity index (χ0) is 13.7. The molecule has 0 aromatic heterocycles. The number of hydrogen-bond acceptors (Lipinski definition) is 2. The van der Waals surface area contributed by atoms with Gasteiger partial charge in [0, 0.05) is 16.6 Å². The van der Waals surface area contributed by atoms with Gasteiger partial charge in [-0.2, -0.15) is 0 Å². The van der Waals surface area contributed by atoms with Crippen molar-refractivity contribution in [2.24, 2.45) is 0 Å². The average molecular weight is 320 g/mol. The lowest BCUT2D eigenvalue weighted by molar-refractivity contribution is 0.0950. The van der Waals surface area contributed by atoms with Crippen LogP contribution >= 0.6 is 15.9 Å². The summed E-state index contributed by atoms with van der Waals surface area (Å²) in [6, 6.07) is 14.7. The zero-order valence-corrected chi connectivity index (χ0v) is 11.9. The molecular weight excluding hydrogens is 306 g/mol. The van der Waals surface area contributed by atoms with Crippen LogP contribution in [0.5, 0.6) is 0 Å². The van der Waals surface area contributed by atoms with E-state index < -0.39 is 0 Å². The van der Waals surface area contributed by atoms with E-state index in [2.05, 4.69) is 21.2 Å². The molecule has 0 aliphatic carbocycles. The highest BCUT2D eigenvalue weighted by atomic mass is 79.9. The van der Waals surface area contributed by atoms with Gasteiger partial charge in [-0.25, -0.2) is 0 Å². The summed E-state index contributed by atoms with van der Waals surface area (Å²) in [5, 5.41) is 12.1. The van der Waals surface area contributed by atoms with Crippen molar-refractivity contribution in [1.29, 1.82) is 0 Å². The van der Waals surface area contributed by atoms with Crippen LogP contribution in [0.3, 0.4) is 0 Å². The maximum atomic E-state index is 12.0. The van der Waals surface area contributed by atoms with Crippen molar-refractivity contribution < 1.29 is 9.90 Å². The fourth-order valence-electron chi connectivity index (χ4n) is 1.79. The van der Waals surface area contributed by atoms with Crippen molar-refractivity contribution in [2.75, 3.05) is 0 Å². The minimum absolute atomic E-state index is 0.0249. The van der Waals surface area contributed by atoms with Crippen LogP contribution in [0.4, 0.5) is 0 Å². The number of aliphatic hydroxyl groups is 1. The Labute approximate surface area is 120 Å². The first kappa shape index (κ1) is 13.8. The van der Waals surface area contributed by atoms with Crippen molar-refractivity contribution >= 4 is 21.8 Å². The van der Waals surface area contributed by atoms with E-state index in [1.165, 1.54) is 0 Å². The molecule has 0 fully saturated rings. The molecule has 4 heteroatoms. The summed E-state index contributed by atoms with van der Waals surface area (Å²) in [4.78, 5) is 12.0. The molecule has 0 aliphatic heterocycles. The Morgan fingerprint density at radius 3 is 2.53 bits per heavy atom. The Bertz CT molecular complexity index is 584. The van der Waals surface area contributed by atoms with E-state index in [1.807, 2.05) is 36.4 Å². The number of rotatable bonds is 4. The predicted octanol–water partition coefficient (Wildman–Crippen LogP) is 2.87. The SMILES string of the molecule is O=C(NCc1ccccc1CO)c1cccc(Br)c1. The lowest BCUT2D eigenvalue weighted by atomic mass is 10.1. The summed E-state index contributed by atoms with van der Waals surface area (Å²) in [6.45, 7) is 0.380. The Balaban J connectivity index is 2.04. The van der Waals surface area contributed by atoms with Gasteiger partial charge in [0.1, 0.15) is 0 Å². The second-order valence-electron chi connectivity index (χ2n) is 4.12. The molecule has 98 valence electrons. The van der Waals surface area contributed by atoms with Gasteiger partial charge in [0.2, 0.25) is 0 Å². The summed E-state index contributed by atoms with van der Waals surface area (Å²) < 4.78 is 0.871. The van der Waals surface area contributed by atoms with Gasteiger partial charge in [0.15, 0.2) is 0 Å². The predicted molar refractivity (Wildman–Crippen MR) is 77.7 cm³/mol. The van der Waals surface area contributed by atoms with Crippen LogP contribution in [-0.2, 0) is 13.2 Å². The minimum Gasteiger partial charge on any atom is -0.392 e. The monoisotopic (exact) mass is 319 g/mol. The third kappa shape index (κ3) is 3.66. The number of amides is 1. The van der Waals surface area contributed by atoms with Gasteiger partial charge in [0.25, 0.3) is 5.91 Å². The fraction of sp³-hybridized carbons (Fsp3) is 0.133. The highest BCUT2D eigenvalue weighted by Crippen LogP contribution is 2.12. The largest absolute Gasteiger partial charge is 0.392 e. The Morgan fingerprint density at radius 1 is 1.11 bits per heavy atom. The molecule has 2 aromatic carbocycles. The van der Waals surface area contributed by atoms with Gasteiger partial charge < -0.3 is 10.4 Å². The Morgan fingerprint density at radius 2 is 1.84 bits per heavy atom. The van der Waals surface area contributed by atoms with Crippen LogP contribution in [0.2, 0.25) is 0 Å². The molecule has 0 bridgehead atoms. The van der Waals surface area contributed by atoms with Crippen LogP contribution < -0.4 is 5.32 Å². The van der Waals surface area contributed by atoms with E-state index in [1.54, 1.807) is 12.1 Å². The highest BCUT2D eigenvalue weighted by Gasteiger charge is 2.07. The molecule has 0 aliphatic rings. The molecule has 0 unspecified atom stereocenters. The smallest absolute Gasteiger partial charge is 0.251 e. The number of halogens is 1. The standard InChI is InChI=1S/C15H14BrNO2/c16-14-7-3-6-11(8-14)15(19)17-9-12-4-1-2-5-13(12)10-18/h1-8,18H,9-10H2,(H,17,19). The van der Waals surface area contributed by atoms with E-state index in [9.17, 15) is 9.90 Å². The number of aliphatic hydroxyl groups excluding tert-OH is 1. The van der Waals surface area contributed by atoms with Crippen molar-refractivity contribution in [3.63, 3.8) is 0 Å². The molecular formula is C15H14BrNO2. The normalized spacial score (nSPS) is 10.2. The number of benzene rings is 2. The summed E-state index contributed by atoms with van der Waals surface area (Å²) in [5.74, 6) is -0.131. The van der Waals surface area contributed by atoms with E-state index in [-0.39, 0.29) is 12.5 Å². The second-order valence-corrected chi connectivity index (χ2v) is 5.04. The van der Waals surface area contributed by atoms with Gasteiger partial charge in [-0.05, 0) is 29.3 Å². The third-order valence-corrected chi connectivity index (χ3v) is 3.31.